The minimum atomic E-state index is 0.328. The highest BCUT2D eigenvalue weighted by Crippen LogP contribution is 2.27. The van der Waals surface area contributed by atoms with Gasteiger partial charge < -0.3 is 5.73 Å². The van der Waals surface area contributed by atoms with Gasteiger partial charge in [0.15, 0.2) is 10.2 Å². The molecule has 1 aromatic heterocycles. The molecule has 0 amide bonds. The number of nitriles is 1. The molecule has 1 aromatic rings. The van der Waals surface area contributed by atoms with Crippen LogP contribution in [0.15, 0.2) is 17.0 Å². The fourth-order valence-electron chi connectivity index (χ4n) is 0.584. The molecule has 0 aromatic carbocycles. The molecule has 2 N–H and O–H groups in total. The van der Waals surface area contributed by atoms with Crippen LogP contribution < -0.4 is 5.73 Å². The van der Waals surface area contributed by atoms with E-state index in [1.54, 1.807) is 6.08 Å². The number of rotatable bonds is 3. The average Bonchev–Trinajstić information content (AvgIpc) is 2.43. The largest absolute Gasteiger partial charge is 0.382 e. The van der Waals surface area contributed by atoms with Gasteiger partial charge in [0.2, 0.25) is 0 Å². The molecule has 0 fully saturated rings. The van der Waals surface area contributed by atoms with Gasteiger partial charge in [-0.2, -0.15) is 5.26 Å². The summed E-state index contributed by atoms with van der Waals surface area (Å²) < 4.78 is 0.823. The van der Waals surface area contributed by atoms with Gasteiger partial charge in [-0.15, -0.1) is 6.58 Å². The molecule has 5 heteroatoms. The van der Waals surface area contributed by atoms with E-state index >= 15 is 0 Å². The van der Waals surface area contributed by atoms with Crippen LogP contribution in [0, 0.1) is 11.3 Å². The normalized spacial score (nSPS) is 9.25. The monoisotopic (exact) mass is 197 g/mol. The van der Waals surface area contributed by atoms with Gasteiger partial charge in [-0.25, -0.2) is 4.98 Å². The number of hydrogen-bond donors (Lipinski definition) is 1. The Bertz CT molecular complexity index is 324. The van der Waals surface area contributed by atoms with E-state index in [9.17, 15) is 0 Å². The zero-order valence-corrected chi connectivity index (χ0v) is 7.91. The highest BCUT2D eigenvalue weighted by atomic mass is 32.2. The Balaban J connectivity index is 2.76. The maximum absolute atomic E-state index is 8.57. The third-order valence-corrected chi connectivity index (χ3v) is 3.17. The van der Waals surface area contributed by atoms with Crippen molar-refractivity contribution in [3.05, 3.63) is 17.5 Å². The van der Waals surface area contributed by atoms with Gasteiger partial charge in [-0.05, 0) is 0 Å². The molecule has 0 aliphatic rings. The Morgan fingerprint density at radius 2 is 2.58 bits per heavy atom. The van der Waals surface area contributed by atoms with E-state index in [2.05, 4.69) is 11.6 Å². The molecule has 62 valence electrons. The quantitative estimate of drug-likeness (QED) is 0.593. The minimum absolute atomic E-state index is 0.328. The van der Waals surface area contributed by atoms with E-state index in [-0.39, 0.29) is 0 Å². The molecule has 0 saturated carbocycles. The molecular weight excluding hydrogens is 190 g/mol. The minimum Gasteiger partial charge on any atom is -0.382 e. The second kappa shape index (κ2) is 4.14. The lowest BCUT2D eigenvalue weighted by molar-refractivity contribution is 1.26. The fraction of sp³-hybridized carbons (Fsp3) is 0.143. The highest BCUT2D eigenvalue weighted by molar-refractivity contribution is 8.01. The third-order valence-electron chi connectivity index (χ3n) is 1.06. The van der Waals surface area contributed by atoms with Gasteiger partial charge in [0.05, 0.1) is 0 Å². The summed E-state index contributed by atoms with van der Waals surface area (Å²) in [6, 6.07) is 1.98. The van der Waals surface area contributed by atoms with Crippen LogP contribution in [0.2, 0.25) is 0 Å². The van der Waals surface area contributed by atoms with Crippen molar-refractivity contribution in [3.63, 3.8) is 0 Å². The standard InChI is InChI=1S/C7H7N3S2/c1-2-3-11-7-10-6(9)5(4-8)12-7/h2H,1,3,9H2. The molecule has 1 rings (SSSR count). The molecule has 0 saturated heterocycles. The first-order valence-electron chi connectivity index (χ1n) is 3.18. The van der Waals surface area contributed by atoms with E-state index in [1.165, 1.54) is 23.1 Å². The van der Waals surface area contributed by atoms with Gasteiger partial charge >= 0.3 is 0 Å². The first-order valence-corrected chi connectivity index (χ1v) is 4.98. The summed E-state index contributed by atoms with van der Waals surface area (Å²) in [4.78, 5) is 4.50. The molecular formula is C7H7N3S2. The molecule has 0 spiro atoms. The Morgan fingerprint density at radius 1 is 1.83 bits per heavy atom. The van der Waals surface area contributed by atoms with E-state index < -0.39 is 0 Å². The maximum Gasteiger partial charge on any atom is 0.154 e. The zero-order valence-electron chi connectivity index (χ0n) is 6.28. The lowest BCUT2D eigenvalue weighted by atomic mass is 10.6. The molecule has 0 atom stereocenters. The number of hydrogen-bond acceptors (Lipinski definition) is 5. The van der Waals surface area contributed by atoms with Gasteiger partial charge in [-0.1, -0.05) is 29.2 Å². The van der Waals surface area contributed by atoms with E-state index in [1.807, 2.05) is 6.07 Å². The topological polar surface area (TPSA) is 62.7 Å². The van der Waals surface area contributed by atoms with Gasteiger partial charge in [0.25, 0.3) is 0 Å². The summed E-state index contributed by atoms with van der Waals surface area (Å²) in [6.07, 6.45) is 1.79. The number of thiazole rings is 1. The number of nitrogen functional groups attached to an aromatic ring is 1. The Hall–Kier alpha value is -0.990. The van der Waals surface area contributed by atoms with Crippen molar-refractivity contribution in [3.8, 4) is 6.07 Å². The SMILES string of the molecule is C=CCSc1nc(N)c(C#N)s1. The first kappa shape index (κ1) is 9.10. The van der Waals surface area contributed by atoms with Crippen molar-refractivity contribution in [2.24, 2.45) is 0 Å². The Morgan fingerprint density at radius 3 is 3.08 bits per heavy atom. The second-order valence-electron chi connectivity index (χ2n) is 1.91. The summed E-state index contributed by atoms with van der Waals surface area (Å²) in [6.45, 7) is 3.58. The highest BCUT2D eigenvalue weighted by Gasteiger charge is 2.06. The van der Waals surface area contributed by atoms with Gasteiger partial charge in [0, 0.05) is 5.75 Å². The predicted molar refractivity (Wildman–Crippen MR) is 52.2 cm³/mol. The van der Waals surface area contributed by atoms with E-state index in [4.69, 9.17) is 11.0 Å². The van der Waals surface area contributed by atoms with Crippen LogP contribution in [0.25, 0.3) is 0 Å². The number of nitrogens with zero attached hydrogens (tertiary/aromatic N) is 2. The van der Waals surface area contributed by atoms with E-state index in [0.29, 0.717) is 10.7 Å². The number of aromatic nitrogens is 1. The Labute approximate surface area is 78.9 Å². The van der Waals surface area contributed by atoms with Crippen LogP contribution in [0.5, 0.6) is 0 Å². The summed E-state index contributed by atoms with van der Waals surface area (Å²) in [5.74, 6) is 1.12. The van der Waals surface area contributed by atoms with Crippen molar-refractivity contribution in [1.29, 1.82) is 5.26 Å². The molecule has 12 heavy (non-hydrogen) atoms. The molecule has 0 aliphatic heterocycles. The smallest absolute Gasteiger partial charge is 0.154 e. The average molecular weight is 197 g/mol. The van der Waals surface area contributed by atoms with Crippen molar-refractivity contribution < 1.29 is 0 Å². The van der Waals surface area contributed by atoms with Crippen LogP contribution >= 0.6 is 23.1 Å². The van der Waals surface area contributed by atoms with Crippen molar-refractivity contribution >= 4 is 28.9 Å². The fourth-order valence-corrected chi connectivity index (χ4v) is 2.21. The van der Waals surface area contributed by atoms with Crippen LogP contribution in [-0.2, 0) is 0 Å². The Kier molecular flexibility index (Phi) is 3.14. The summed E-state index contributed by atoms with van der Waals surface area (Å²) >= 11 is 2.85. The third kappa shape index (κ3) is 2.00. The number of anilines is 1. The summed E-state index contributed by atoms with van der Waals surface area (Å²) in [5, 5.41) is 8.57. The van der Waals surface area contributed by atoms with Crippen LogP contribution in [0.1, 0.15) is 4.88 Å². The zero-order chi connectivity index (χ0) is 8.97. The molecule has 0 radical (unpaired) electrons. The van der Waals surface area contributed by atoms with Crippen molar-refractivity contribution in [2.45, 2.75) is 4.34 Å². The van der Waals surface area contributed by atoms with Crippen LogP contribution in [-0.4, -0.2) is 10.7 Å². The van der Waals surface area contributed by atoms with Crippen LogP contribution in [0.3, 0.4) is 0 Å². The van der Waals surface area contributed by atoms with Crippen molar-refractivity contribution in [2.75, 3.05) is 11.5 Å². The lowest BCUT2D eigenvalue weighted by Crippen LogP contribution is -1.86. The van der Waals surface area contributed by atoms with Gasteiger partial charge in [-0.3, -0.25) is 0 Å². The van der Waals surface area contributed by atoms with Crippen molar-refractivity contribution in [1.82, 2.24) is 4.98 Å². The second-order valence-corrected chi connectivity index (χ2v) is 4.17. The number of thioether (sulfide) groups is 1. The first-order chi connectivity index (χ1) is 5.77. The number of nitrogens with two attached hydrogens (primary N) is 1. The molecule has 0 bridgehead atoms. The molecule has 0 aliphatic carbocycles. The molecule has 3 nitrogen and oxygen atoms in total. The molecule has 0 unspecified atom stereocenters. The summed E-state index contributed by atoms with van der Waals surface area (Å²) in [5.41, 5.74) is 5.46. The van der Waals surface area contributed by atoms with Crippen LogP contribution in [0.4, 0.5) is 5.82 Å². The lowest BCUT2D eigenvalue weighted by Gasteiger charge is -1.86. The summed E-state index contributed by atoms with van der Waals surface area (Å²) in [7, 11) is 0. The molecule has 1 heterocycles. The predicted octanol–water partition coefficient (Wildman–Crippen LogP) is 1.88. The van der Waals surface area contributed by atoms with Gasteiger partial charge in [0.1, 0.15) is 10.9 Å². The maximum atomic E-state index is 8.57. The van der Waals surface area contributed by atoms with E-state index in [0.717, 1.165) is 10.1 Å².